The van der Waals surface area contributed by atoms with Gasteiger partial charge in [0.25, 0.3) is 5.91 Å². The molecule has 0 radical (unpaired) electrons. The fraction of sp³-hybridized carbons (Fsp3) is 0.176. The molecule has 2 aromatic rings. The van der Waals surface area contributed by atoms with Crippen LogP contribution in [0.25, 0.3) is 0 Å². The van der Waals surface area contributed by atoms with Crippen molar-refractivity contribution in [1.82, 2.24) is 0 Å². The first kappa shape index (κ1) is 18.7. The second-order valence-electron chi connectivity index (χ2n) is 4.95. The number of halogens is 3. The number of hydrogen-bond donors (Lipinski definition) is 1. The largest absolute Gasteiger partial charge is 0.449 e. The molecule has 0 aliphatic heterocycles. The summed E-state index contributed by atoms with van der Waals surface area (Å²) < 4.78 is 33.4. The SMILES string of the molecule is CC(OC(=O)c1ccc(OC(F)F)cc1)C(=O)Nc1ccc(Cl)cc1. The lowest BCUT2D eigenvalue weighted by Crippen LogP contribution is -2.29. The summed E-state index contributed by atoms with van der Waals surface area (Å²) in [6.07, 6.45) is -1.06. The monoisotopic (exact) mass is 369 g/mol. The van der Waals surface area contributed by atoms with Crippen LogP contribution in [0, 0.1) is 0 Å². The Morgan fingerprint density at radius 3 is 2.20 bits per heavy atom. The molecule has 2 rings (SSSR count). The van der Waals surface area contributed by atoms with Crippen LogP contribution in [0.3, 0.4) is 0 Å². The summed E-state index contributed by atoms with van der Waals surface area (Å²) in [5.74, 6) is -1.37. The molecule has 0 saturated carbocycles. The summed E-state index contributed by atoms with van der Waals surface area (Å²) in [5, 5.41) is 3.10. The summed E-state index contributed by atoms with van der Waals surface area (Å²) in [4.78, 5) is 24.0. The molecule has 1 N–H and O–H groups in total. The van der Waals surface area contributed by atoms with Crippen LogP contribution < -0.4 is 10.1 Å². The first-order chi connectivity index (χ1) is 11.8. The second kappa shape index (κ2) is 8.43. The van der Waals surface area contributed by atoms with E-state index >= 15 is 0 Å². The molecule has 0 aliphatic carbocycles. The molecule has 1 unspecified atom stereocenters. The molecule has 0 fully saturated rings. The Morgan fingerprint density at radius 1 is 1.04 bits per heavy atom. The third kappa shape index (κ3) is 5.72. The minimum atomic E-state index is -2.95. The molecule has 0 aromatic heterocycles. The minimum Gasteiger partial charge on any atom is -0.449 e. The summed E-state index contributed by atoms with van der Waals surface area (Å²) in [7, 11) is 0. The number of anilines is 1. The van der Waals surface area contributed by atoms with Crippen molar-refractivity contribution in [3.63, 3.8) is 0 Å². The lowest BCUT2D eigenvalue weighted by Gasteiger charge is -2.14. The summed E-state index contributed by atoms with van der Waals surface area (Å²) in [5.41, 5.74) is 0.610. The van der Waals surface area contributed by atoms with E-state index in [-0.39, 0.29) is 11.3 Å². The molecule has 0 heterocycles. The number of benzene rings is 2. The van der Waals surface area contributed by atoms with Crippen molar-refractivity contribution in [2.75, 3.05) is 5.32 Å². The Balaban J connectivity index is 1.92. The van der Waals surface area contributed by atoms with E-state index in [4.69, 9.17) is 16.3 Å². The van der Waals surface area contributed by atoms with Crippen molar-refractivity contribution >= 4 is 29.2 Å². The van der Waals surface area contributed by atoms with Crippen molar-refractivity contribution in [2.45, 2.75) is 19.6 Å². The van der Waals surface area contributed by atoms with Crippen LogP contribution in [0.5, 0.6) is 5.75 Å². The highest BCUT2D eigenvalue weighted by Gasteiger charge is 2.19. The number of carbonyl (C=O) groups is 2. The van der Waals surface area contributed by atoms with E-state index in [0.717, 1.165) is 0 Å². The molecule has 1 amide bonds. The van der Waals surface area contributed by atoms with Crippen LogP contribution in [0.4, 0.5) is 14.5 Å². The molecule has 2 aromatic carbocycles. The van der Waals surface area contributed by atoms with Crippen molar-refractivity contribution < 1.29 is 27.8 Å². The van der Waals surface area contributed by atoms with Gasteiger partial charge in [0.1, 0.15) is 5.75 Å². The number of alkyl halides is 2. The van der Waals surface area contributed by atoms with Gasteiger partial charge in [0.2, 0.25) is 0 Å². The Bertz CT molecular complexity index is 735. The molecular weight excluding hydrogens is 356 g/mol. The summed E-state index contributed by atoms with van der Waals surface area (Å²) >= 11 is 5.75. The van der Waals surface area contributed by atoms with E-state index in [0.29, 0.717) is 10.7 Å². The zero-order chi connectivity index (χ0) is 18.4. The van der Waals surface area contributed by atoms with Crippen molar-refractivity contribution in [1.29, 1.82) is 0 Å². The fourth-order valence-corrected chi connectivity index (χ4v) is 1.96. The van der Waals surface area contributed by atoms with Crippen LogP contribution in [0.1, 0.15) is 17.3 Å². The third-order valence-electron chi connectivity index (χ3n) is 3.08. The zero-order valence-corrected chi connectivity index (χ0v) is 13.8. The number of esters is 1. The number of nitrogens with one attached hydrogen (secondary N) is 1. The third-order valence-corrected chi connectivity index (χ3v) is 3.33. The maximum atomic E-state index is 12.1. The minimum absolute atomic E-state index is 0.0833. The van der Waals surface area contributed by atoms with Gasteiger partial charge < -0.3 is 14.8 Å². The lowest BCUT2D eigenvalue weighted by atomic mass is 10.2. The average molecular weight is 370 g/mol. The van der Waals surface area contributed by atoms with Gasteiger partial charge in [-0.2, -0.15) is 8.78 Å². The van der Waals surface area contributed by atoms with Gasteiger partial charge in [-0.3, -0.25) is 4.79 Å². The molecule has 0 spiro atoms. The predicted octanol–water partition coefficient (Wildman–Crippen LogP) is 4.13. The van der Waals surface area contributed by atoms with Gasteiger partial charge >= 0.3 is 12.6 Å². The van der Waals surface area contributed by atoms with Crippen molar-refractivity contribution in [2.24, 2.45) is 0 Å². The van der Waals surface area contributed by atoms with Crippen LogP contribution >= 0.6 is 11.6 Å². The topological polar surface area (TPSA) is 64.6 Å². The van der Waals surface area contributed by atoms with Gasteiger partial charge in [-0.15, -0.1) is 0 Å². The molecular formula is C17H14ClF2NO4. The van der Waals surface area contributed by atoms with Crippen molar-refractivity contribution in [3.05, 3.63) is 59.1 Å². The van der Waals surface area contributed by atoms with E-state index in [9.17, 15) is 18.4 Å². The highest BCUT2D eigenvalue weighted by Crippen LogP contribution is 2.17. The zero-order valence-electron chi connectivity index (χ0n) is 13.0. The van der Waals surface area contributed by atoms with E-state index in [1.165, 1.54) is 31.2 Å². The Labute approximate surface area is 147 Å². The van der Waals surface area contributed by atoms with Gasteiger partial charge in [0, 0.05) is 10.7 Å². The van der Waals surface area contributed by atoms with E-state index in [2.05, 4.69) is 10.1 Å². The summed E-state index contributed by atoms with van der Waals surface area (Å²) in [6.45, 7) is -1.54. The molecule has 0 bridgehead atoms. The fourth-order valence-electron chi connectivity index (χ4n) is 1.83. The lowest BCUT2D eigenvalue weighted by molar-refractivity contribution is -0.123. The Morgan fingerprint density at radius 2 is 1.64 bits per heavy atom. The molecule has 132 valence electrons. The highest BCUT2D eigenvalue weighted by molar-refractivity contribution is 6.30. The van der Waals surface area contributed by atoms with Crippen LogP contribution in [-0.4, -0.2) is 24.6 Å². The average Bonchev–Trinajstić information content (AvgIpc) is 2.57. The van der Waals surface area contributed by atoms with Crippen molar-refractivity contribution in [3.8, 4) is 5.75 Å². The molecule has 25 heavy (non-hydrogen) atoms. The standard InChI is InChI=1S/C17H14ClF2NO4/c1-10(15(22)21-13-6-4-12(18)5-7-13)24-16(23)11-2-8-14(9-3-11)25-17(19)20/h2-10,17H,1H3,(H,21,22). The van der Waals surface area contributed by atoms with Crippen LogP contribution in [0.2, 0.25) is 5.02 Å². The van der Waals surface area contributed by atoms with E-state index < -0.39 is 24.6 Å². The van der Waals surface area contributed by atoms with Gasteiger partial charge in [0.15, 0.2) is 6.10 Å². The van der Waals surface area contributed by atoms with Gasteiger partial charge in [-0.05, 0) is 55.5 Å². The Hall–Kier alpha value is -2.67. The van der Waals surface area contributed by atoms with E-state index in [1.807, 2.05) is 0 Å². The molecule has 1 atom stereocenters. The van der Waals surface area contributed by atoms with Crippen LogP contribution in [-0.2, 0) is 9.53 Å². The first-order valence-electron chi connectivity index (χ1n) is 7.17. The summed E-state index contributed by atoms with van der Waals surface area (Å²) in [6, 6.07) is 11.4. The highest BCUT2D eigenvalue weighted by atomic mass is 35.5. The second-order valence-corrected chi connectivity index (χ2v) is 5.38. The quantitative estimate of drug-likeness (QED) is 0.778. The molecule has 0 aliphatic rings. The van der Waals surface area contributed by atoms with Gasteiger partial charge in [-0.25, -0.2) is 4.79 Å². The normalized spacial score (nSPS) is 11.7. The number of ether oxygens (including phenoxy) is 2. The molecule has 5 nitrogen and oxygen atoms in total. The first-order valence-corrected chi connectivity index (χ1v) is 7.55. The predicted molar refractivity (Wildman–Crippen MR) is 88.0 cm³/mol. The maximum absolute atomic E-state index is 12.1. The van der Waals surface area contributed by atoms with Gasteiger partial charge in [-0.1, -0.05) is 11.6 Å². The van der Waals surface area contributed by atoms with Crippen LogP contribution in [0.15, 0.2) is 48.5 Å². The number of carbonyl (C=O) groups excluding carboxylic acids is 2. The van der Waals surface area contributed by atoms with Gasteiger partial charge in [0.05, 0.1) is 5.56 Å². The Kier molecular flexibility index (Phi) is 6.30. The maximum Gasteiger partial charge on any atom is 0.387 e. The molecule has 0 saturated heterocycles. The number of rotatable bonds is 6. The smallest absolute Gasteiger partial charge is 0.387 e. The molecule has 8 heteroatoms. The number of amides is 1. The van der Waals surface area contributed by atoms with E-state index in [1.54, 1.807) is 24.3 Å². The number of hydrogen-bond acceptors (Lipinski definition) is 4.